The summed E-state index contributed by atoms with van der Waals surface area (Å²) in [7, 11) is 1.66. The smallest absolute Gasteiger partial charge is 0.193 e. The van der Waals surface area contributed by atoms with Crippen molar-refractivity contribution in [3.63, 3.8) is 0 Å². The van der Waals surface area contributed by atoms with Gasteiger partial charge in [0.1, 0.15) is 22.8 Å². The zero-order valence-corrected chi connectivity index (χ0v) is 15.8. The van der Waals surface area contributed by atoms with Crippen LogP contribution in [-0.4, -0.2) is 13.7 Å². The lowest BCUT2D eigenvalue weighted by molar-refractivity contribution is 0.309. The van der Waals surface area contributed by atoms with E-state index in [2.05, 4.69) is 6.92 Å². The summed E-state index contributed by atoms with van der Waals surface area (Å²) in [6.07, 6.45) is 4.35. The van der Waals surface area contributed by atoms with Crippen LogP contribution in [0, 0.1) is 0 Å². The average Bonchev–Trinajstić information content (AvgIpc) is 3.52. The van der Waals surface area contributed by atoms with E-state index in [1.807, 2.05) is 30.3 Å². The summed E-state index contributed by atoms with van der Waals surface area (Å²) in [4.78, 5) is 12.7. The largest absolute Gasteiger partial charge is 0.496 e. The molecule has 0 radical (unpaired) electrons. The van der Waals surface area contributed by atoms with E-state index < -0.39 is 0 Å². The predicted octanol–water partition coefficient (Wildman–Crippen LogP) is 5.52. The number of unbranched alkanes of at least 4 members (excludes halogenated alkanes) is 1. The number of methoxy groups -OCH3 is 1. The first-order valence-corrected chi connectivity index (χ1v) is 9.59. The van der Waals surface area contributed by atoms with Crippen molar-refractivity contribution in [3.05, 3.63) is 58.3 Å². The molecule has 3 aromatic rings. The normalized spacial score (nSPS) is 13.7. The summed E-state index contributed by atoms with van der Waals surface area (Å²) in [6, 6.07) is 12.9. The lowest BCUT2D eigenvalue weighted by atomic mass is 10.0. The minimum absolute atomic E-state index is 0.0286. The van der Waals surface area contributed by atoms with Crippen molar-refractivity contribution < 1.29 is 13.9 Å². The van der Waals surface area contributed by atoms with E-state index in [0.717, 1.165) is 48.3 Å². The summed E-state index contributed by atoms with van der Waals surface area (Å²) < 4.78 is 17.5. The van der Waals surface area contributed by atoms with Gasteiger partial charge < -0.3 is 13.9 Å². The first kappa shape index (κ1) is 17.7. The van der Waals surface area contributed by atoms with Crippen LogP contribution in [0.15, 0.2) is 51.7 Å². The minimum Gasteiger partial charge on any atom is -0.496 e. The van der Waals surface area contributed by atoms with Crippen molar-refractivity contribution in [3.8, 4) is 22.8 Å². The van der Waals surface area contributed by atoms with E-state index in [1.165, 1.54) is 0 Å². The van der Waals surface area contributed by atoms with Crippen LogP contribution in [0.3, 0.4) is 0 Å². The molecule has 140 valence electrons. The highest BCUT2D eigenvalue weighted by Crippen LogP contribution is 2.47. The van der Waals surface area contributed by atoms with Crippen LogP contribution in [0.2, 0.25) is 0 Å². The second-order valence-electron chi connectivity index (χ2n) is 7.03. The predicted molar refractivity (Wildman–Crippen MR) is 107 cm³/mol. The van der Waals surface area contributed by atoms with Gasteiger partial charge >= 0.3 is 0 Å². The van der Waals surface area contributed by atoms with E-state index in [9.17, 15) is 4.79 Å². The van der Waals surface area contributed by atoms with Crippen LogP contribution in [-0.2, 0) is 0 Å². The van der Waals surface area contributed by atoms with Crippen LogP contribution in [0.5, 0.6) is 11.5 Å². The van der Waals surface area contributed by atoms with Crippen LogP contribution < -0.4 is 14.9 Å². The molecule has 1 aliphatic rings. The third-order valence-electron chi connectivity index (χ3n) is 5.01. The number of hydrogen-bond donors (Lipinski definition) is 0. The molecule has 1 aliphatic carbocycles. The standard InChI is InChI=1S/C23H24O4/c1-3-4-13-26-17-9-7-15(8-10-17)21-14-19(24)18-11-12-20(25-2)22(16-5-6-16)23(18)27-21/h7-12,14,16H,3-6,13H2,1-2H3. The zero-order chi connectivity index (χ0) is 18.8. The molecule has 0 spiro atoms. The van der Waals surface area contributed by atoms with Crippen LogP contribution in [0.4, 0.5) is 0 Å². The Labute approximate surface area is 158 Å². The lowest BCUT2D eigenvalue weighted by Crippen LogP contribution is -2.03. The van der Waals surface area contributed by atoms with Crippen molar-refractivity contribution >= 4 is 11.0 Å². The summed E-state index contributed by atoms with van der Waals surface area (Å²) in [5.41, 5.74) is 2.51. The quantitative estimate of drug-likeness (QED) is 0.518. The highest BCUT2D eigenvalue weighted by Gasteiger charge is 2.30. The fourth-order valence-corrected chi connectivity index (χ4v) is 3.35. The monoisotopic (exact) mass is 364 g/mol. The molecule has 0 amide bonds. The van der Waals surface area contributed by atoms with Crippen molar-refractivity contribution in [2.75, 3.05) is 13.7 Å². The minimum atomic E-state index is -0.0286. The van der Waals surface area contributed by atoms with Crippen molar-refractivity contribution in [1.29, 1.82) is 0 Å². The molecule has 1 aromatic heterocycles. The van der Waals surface area contributed by atoms with Gasteiger partial charge in [-0.1, -0.05) is 13.3 Å². The summed E-state index contributed by atoms with van der Waals surface area (Å²) in [5, 5.41) is 0.612. The van der Waals surface area contributed by atoms with Crippen molar-refractivity contribution in [1.82, 2.24) is 0 Å². The fraction of sp³-hybridized carbons (Fsp3) is 0.348. The molecule has 0 aliphatic heterocycles. The maximum atomic E-state index is 12.7. The molecule has 4 rings (SSSR count). The first-order chi connectivity index (χ1) is 13.2. The molecule has 4 heteroatoms. The topological polar surface area (TPSA) is 48.7 Å². The third-order valence-corrected chi connectivity index (χ3v) is 5.01. The number of fused-ring (bicyclic) bond motifs is 1. The molecule has 0 saturated heterocycles. The van der Waals surface area contributed by atoms with Crippen LogP contribution in [0.25, 0.3) is 22.3 Å². The Morgan fingerprint density at radius 3 is 2.56 bits per heavy atom. The summed E-state index contributed by atoms with van der Waals surface area (Å²) >= 11 is 0. The molecule has 1 fully saturated rings. The van der Waals surface area contributed by atoms with E-state index in [1.54, 1.807) is 19.2 Å². The molecule has 0 unspecified atom stereocenters. The Bertz CT molecular complexity index is 997. The van der Waals surface area contributed by atoms with Gasteiger partial charge in [-0.2, -0.15) is 0 Å². The maximum absolute atomic E-state index is 12.7. The number of rotatable bonds is 7. The summed E-state index contributed by atoms with van der Waals surface area (Å²) in [6.45, 7) is 2.85. The van der Waals surface area contributed by atoms with Crippen molar-refractivity contribution in [2.45, 2.75) is 38.5 Å². The highest BCUT2D eigenvalue weighted by atomic mass is 16.5. The lowest BCUT2D eigenvalue weighted by Gasteiger charge is -2.12. The molecule has 4 nitrogen and oxygen atoms in total. The van der Waals surface area contributed by atoms with Gasteiger partial charge in [0, 0.05) is 17.2 Å². The van der Waals surface area contributed by atoms with E-state index in [-0.39, 0.29) is 5.43 Å². The Morgan fingerprint density at radius 2 is 1.89 bits per heavy atom. The Balaban J connectivity index is 1.74. The molecular formula is C23H24O4. The second kappa shape index (κ2) is 7.47. The molecule has 1 heterocycles. The number of ether oxygens (including phenoxy) is 2. The summed E-state index contributed by atoms with van der Waals surface area (Å²) in [5.74, 6) is 2.61. The van der Waals surface area contributed by atoms with Gasteiger partial charge in [-0.25, -0.2) is 0 Å². The molecule has 2 aromatic carbocycles. The third kappa shape index (κ3) is 3.57. The van der Waals surface area contributed by atoms with E-state index >= 15 is 0 Å². The van der Waals surface area contributed by atoms with Crippen molar-refractivity contribution in [2.24, 2.45) is 0 Å². The average molecular weight is 364 g/mol. The Hall–Kier alpha value is -2.75. The molecule has 0 bridgehead atoms. The SMILES string of the molecule is CCCCOc1ccc(-c2cc(=O)c3ccc(OC)c(C4CC4)c3o2)cc1. The fourth-order valence-electron chi connectivity index (χ4n) is 3.35. The van der Waals surface area contributed by atoms with Gasteiger partial charge in [-0.3, -0.25) is 4.79 Å². The molecule has 27 heavy (non-hydrogen) atoms. The Morgan fingerprint density at radius 1 is 1.11 bits per heavy atom. The highest BCUT2D eigenvalue weighted by molar-refractivity contribution is 5.84. The first-order valence-electron chi connectivity index (χ1n) is 9.59. The van der Waals surface area contributed by atoms with Gasteiger partial charge in [-0.15, -0.1) is 0 Å². The number of benzene rings is 2. The van der Waals surface area contributed by atoms with Gasteiger partial charge in [0.15, 0.2) is 5.43 Å². The van der Waals surface area contributed by atoms with E-state index in [4.69, 9.17) is 13.9 Å². The van der Waals surface area contributed by atoms with Gasteiger partial charge in [0.2, 0.25) is 0 Å². The molecular weight excluding hydrogens is 340 g/mol. The maximum Gasteiger partial charge on any atom is 0.193 e. The number of hydrogen-bond acceptors (Lipinski definition) is 4. The Kier molecular flexibility index (Phi) is 4.88. The molecule has 1 saturated carbocycles. The molecule has 0 N–H and O–H groups in total. The van der Waals surface area contributed by atoms with Gasteiger partial charge in [0.25, 0.3) is 0 Å². The van der Waals surface area contributed by atoms with E-state index in [0.29, 0.717) is 29.3 Å². The zero-order valence-electron chi connectivity index (χ0n) is 15.8. The second-order valence-corrected chi connectivity index (χ2v) is 7.03. The molecule has 0 atom stereocenters. The van der Waals surface area contributed by atoms with Gasteiger partial charge in [-0.05, 0) is 61.6 Å². The van der Waals surface area contributed by atoms with Crippen LogP contribution in [0.1, 0.15) is 44.1 Å². The van der Waals surface area contributed by atoms with Gasteiger partial charge in [0.05, 0.1) is 19.1 Å². The van der Waals surface area contributed by atoms with Crippen LogP contribution >= 0.6 is 0 Å².